The van der Waals surface area contributed by atoms with Crippen LogP contribution in [-0.4, -0.2) is 36.1 Å². The minimum Gasteiger partial charge on any atom is -0.383 e. The Morgan fingerprint density at radius 1 is 1.16 bits per heavy atom. The first kappa shape index (κ1) is 22.9. The van der Waals surface area contributed by atoms with Crippen molar-refractivity contribution in [3.63, 3.8) is 0 Å². The number of anilines is 1. The predicted octanol–water partition coefficient (Wildman–Crippen LogP) is 4.07. The Kier molecular flexibility index (Phi) is 7.88. The zero-order valence-electron chi connectivity index (χ0n) is 18.1. The van der Waals surface area contributed by atoms with Crippen molar-refractivity contribution < 1.29 is 14.5 Å². The first-order valence-electron chi connectivity index (χ1n) is 10.3. The van der Waals surface area contributed by atoms with Crippen LogP contribution in [-0.2, 0) is 11.2 Å². The van der Waals surface area contributed by atoms with Crippen molar-refractivity contribution in [2.45, 2.75) is 19.4 Å². The summed E-state index contributed by atoms with van der Waals surface area (Å²) in [4.78, 5) is 28.4. The Hall–Kier alpha value is -3.78. The zero-order valence-corrected chi connectivity index (χ0v) is 18.1. The van der Waals surface area contributed by atoms with Gasteiger partial charge in [-0.1, -0.05) is 35.9 Å². The molecule has 166 valence electrons. The number of rotatable bonds is 10. The van der Waals surface area contributed by atoms with Crippen LogP contribution in [0.1, 0.15) is 33.2 Å². The van der Waals surface area contributed by atoms with Crippen molar-refractivity contribution in [3.8, 4) is 0 Å². The summed E-state index contributed by atoms with van der Waals surface area (Å²) in [5, 5.41) is 17.5. The molecule has 1 amide bonds. The standard InChI is InChI=1S/C24H26N4O4/c1-17-6-8-18(9-7-17)15-22(20-5-3-4-12-25-20)27-24(29)19-10-11-21(26-13-14-32-2)23(16-19)28(30)31/h3-12,16,22,26H,13-15H2,1-2H3,(H,27,29). The van der Waals surface area contributed by atoms with Gasteiger partial charge in [0.2, 0.25) is 0 Å². The third-order valence-electron chi connectivity index (χ3n) is 4.99. The molecule has 0 saturated heterocycles. The number of hydrogen-bond donors (Lipinski definition) is 2. The van der Waals surface area contributed by atoms with Crippen molar-refractivity contribution in [1.29, 1.82) is 0 Å². The molecule has 0 saturated carbocycles. The average Bonchev–Trinajstić information content (AvgIpc) is 2.80. The van der Waals surface area contributed by atoms with Crippen molar-refractivity contribution in [3.05, 3.63) is 99.4 Å². The third-order valence-corrected chi connectivity index (χ3v) is 4.99. The first-order chi connectivity index (χ1) is 15.5. The molecule has 0 bridgehead atoms. The summed E-state index contributed by atoms with van der Waals surface area (Å²) in [6.45, 7) is 2.84. The van der Waals surface area contributed by atoms with E-state index in [9.17, 15) is 14.9 Å². The molecule has 2 N–H and O–H groups in total. The molecule has 0 aliphatic carbocycles. The number of aromatic nitrogens is 1. The van der Waals surface area contributed by atoms with E-state index in [0.717, 1.165) is 11.1 Å². The number of ether oxygens (including phenoxy) is 1. The number of carbonyl (C=O) groups excluding carboxylic acids is 1. The Morgan fingerprint density at radius 3 is 2.59 bits per heavy atom. The SMILES string of the molecule is COCCNc1ccc(C(=O)NC(Cc2ccc(C)cc2)c2ccccn2)cc1[N+](=O)[O-]. The van der Waals surface area contributed by atoms with E-state index in [1.165, 1.54) is 6.07 Å². The fraction of sp³-hybridized carbons (Fsp3) is 0.250. The Bertz CT molecular complexity index is 1060. The molecular formula is C24H26N4O4. The van der Waals surface area contributed by atoms with E-state index >= 15 is 0 Å². The second-order valence-electron chi connectivity index (χ2n) is 7.38. The lowest BCUT2D eigenvalue weighted by Gasteiger charge is -2.19. The number of nitrogens with zero attached hydrogens (tertiary/aromatic N) is 2. The maximum absolute atomic E-state index is 13.0. The number of nitrogens with one attached hydrogen (secondary N) is 2. The highest BCUT2D eigenvalue weighted by atomic mass is 16.6. The van der Waals surface area contributed by atoms with Crippen LogP contribution in [0.4, 0.5) is 11.4 Å². The number of nitro benzene ring substituents is 1. The molecule has 0 radical (unpaired) electrons. The van der Waals surface area contributed by atoms with Crippen LogP contribution >= 0.6 is 0 Å². The van der Waals surface area contributed by atoms with Crippen molar-refractivity contribution in [1.82, 2.24) is 10.3 Å². The van der Waals surface area contributed by atoms with Gasteiger partial charge in [-0.25, -0.2) is 0 Å². The topological polar surface area (TPSA) is 106 Å². The molecular weight excluding hydrogens is 408 g/mol. The molecule has 1 heterocycles. The molecule has 2 aromatic carbocycles. The van der Waals surface area contributed by atoms with E-state index in [-0.39, 0.29) is 17.3 Å². The molecule has 0 fully saturated rings. The van der Waals surface area contributed by atoms with Crippen molar-refractivity contribution in [2.24, 2.45) is 0 Å². The quantitative estimate of drug-likeness (QED) is 0.283. The lowest BCUT2D eigenvalue weighted by atomic mass is 10.0. The molecule has 3 rings (SSSR count). The van der Waals surface area contributed by atoms with E-state index in [0.29, 0.717) is 31.0 Å². The maximum Gasteiger partial charge on any atom is 0.293 e. The number of pyridine rings is 1. The second kappa shape index (κ2) is 11.0. The van der Waals surface area contributed by atoms with Crippen molar-refractivity contribution >= 4 is 17.3 Å². The van der Waals surface area contributed by atoms with Gasteiger partial charge in [-0.05, 0) is 43.2 Å². The molecule has 8 heteroatoms. The van der Waals surface area contributed by atoms with Gasteiger partial charge in [-0.2, -0.15) is 0 Å². The molecule has 1 aromatic heterocycles. The molecule has 1 atom stereocenters. The minimum atomic E-state index is -0.506. The smallest absolute Gasteiger partial charge is 0.293 e. The van der Waals surface area contributed by atoms with Crippen molar-refractivity contribution in [2.75, 3.05) is 25.6 Å². The van der Waals surface area contributed by atoms with Crippen LogP contribution in [0.2, 0.25) is 0 Å². The van der Waals surface area contributed by atoms with E-state index in [1.54, 1.807) is 25.4 Å². The van der Waals surface area contributed by atoms with Gasteiger partial charge in [0.15, 0.2) is 0 Å². The fourth-order valence-corrected chi connectivity index (χ4v) is 3.27. The Labute approximate surface area is 186 Å². The Balaban J connectivity index is 1.82. The van der Waals surface area contributed by atoms with Crippen LogP contribution in [0.3, 0.4) is 0 Å². The molecule has 0 aliphatic heterocycles. The van der Waals surface area contributed by atoms with Gasteiger partial charge >= 0.3 is 0 Å². The number of nitro groups is 1. The molecule has 8 nitrogen and oxygen atoms in total. The number of methoxy groups -OCH3 is 1. The Morgan fingerprint density at radius 2 is 1.94 bits per heavy atom. The van der Waals surface area contributed by atoms with Gasteiger partial charge in [-0.15, -0.1) is 0 Å². The molecule has 32 heavy (non-hydrogen) atoms. The van der Waals surface area contributed by atoms with E-state index in [1.807, 2.05) is 49.4 Å². The van der Waals surface area contributed by atoms with Gasteiger partial charge in [0.05, 0.1) is 23.3 Å². The van der Waals surface area contributed by atoms with Crippen LogP contribution in [0, 0.1) is 17.0 Å². The average molecular weight is 434 g/mol. The van der Waals surface area contributed by atoms with Crippen LogP contribution in [0.5, 0.6) is 0 Å². The normalized spacial score (nSPS) is 11.6. The molecule has 3 aromatic rings. The zero-order chi connectivity index (χ0) is 22.9. The summed E-state index contributed by atoms with van der Waals surface area (Å²) in [7, 11) is 1.55. The van der Waals surface area contributed by atoms with Gasteiger partial charge in [0.25, 0.3) is 11.6 Å². The van der Waals surface area contributed by atoms with E-state index < -0.39 is 10.8 Å². The highest BCUT2D eigenvalue weighted by Gasteiger charge is 2.21. The molecule has 0 aliphatic rings. The van der Waals surface area contributed by atoms with Gasteiger partial charge in [-0.3, -0.25) is 19.9 Å². The summed E-state index contributed by atoms with van der Waals surface area (Å²) in [5.41, 5.74) is 3.30. The van der Waals surface area contributed by atoms with Crippen LogP contribution in [0.25, 0.3) is 0 Å². The number of amides is 1. The van der Waals surface area contributed by atoms with Crippen LogP contribution in [0.15, 0.2) is 66.9 Å². The summed E-state index contributed by atoms with van der Waals surface area (Å²) >= 11 is 0. The van der Waals surface area contributed by atoms with Gasteiger partial charge in [0.1, 0.15) is 5.69 Å². The summed E-state index contributed by atoms with van der Waals surface area (Å²) in [6.07, 6.45) is 2.22. The maximum atomic E-state index is 13.0. The van der Waals surface area contributed by atoms with Gasteiger partial charge in [0, 0.05) is 31.5 Å². The van der Waals surface area contributed by atoms with E-state index in [2.05, 4.69) is 15.6 Å². The molecule has 0 spiro atoms. The first-order valence-corrected chi connectivity index (χ1v) is 10.3. The third kappa shape index (κ3) is 6.12. The van der Waals surface area contributed by atoms with Crippen LogP contribution < -0.4 is 10.6 Å². The highest BCUT2D eigenvalue weighted by molar-refractivity contribution is 5.96. The number of aryl methyl sites for hydroxylation is 1. The number of carbonyl (C=O) groups is 1. The molecule has 1 unspecified atom stereocenters. The summed E-state index contributed by atoms with van der Waals surface area (Å²) in [6, 6.07) is 17.6. The second-order valence-corrected chi connectivity index (χ2v) is 7.38. The number of hydrogen-bond acceptors (Lipinski definition) is 6. The minimum absolute atomic E-state index is 0.165. The number of benzene rings is 2. The monoisotopic (exact) mass is 434 g/mol. The largest absolute Gasteiger partial charge is 0.383 e. The summed E-state index contributed by atoms with van der Waals surface area (Å²) < 4.78 is 4.96. The fourth-order valence-electron chi connectivity index (χ4n) is 3.27. The lowest BCUT2D eigenvalue weighted by Crippen LogP contribution is -2.30. The lowest BCUT2D eigenvalue weighted by molar-refractivity contribution is -0.384. The van der Waals surface area contributed by atoms with Gasteiger partial charge < -0.3 is 15.4 Å². The summed E-state index contributed by atoms with van der Waals surface area (Å²) in [5.74, 6) is -0.403. The predicted molar refractivity (Wildman–Crippen MR) is 123 cm³/mol. The highest BCUT2D eigenvalue weighted by Crippen LogP contribution is 2.26. The van der Waals surface area contributed by atoms with E-state index in [4.69, 9.17) is 4.74 Å².